The zero-order valence-corrected chi connectivity index (χ0v) is 27.3. The number of hydrogen-bond donors (Lipinski definition) is 2. The fourth-order valence-corrected chi connectivity index (χ4v) is 1.34. The minimum atomic E-state index is 0. The highest BCUT2D eigenvalue weighted by Crippen LogP contribution is 1.80. The molecule has 2 N–H and O–H groups in total. The van der Waals surface area contributed by atoms with E-state index in [0.717, 1.165) is 13.1 Å². The van der Waals surface area contributed by atoms with Gasteiger partial charge in [0.05, 0.1) is 0 Å². The Labute approximate surface area is 252 Å². The fourth-order valence-electron chi connectivity index (χ4n) is 1.34. The topological polar surface area (TPSA) is 109 Å². The van der Waals surface area contributed by atoms with Gasteiger partial charge >= 0.3 is 0 Å². The molecule has 7 nitrogen and oxygen atoms in total. The average Bonchev–Trinajstić information content (AvgIpc) is 2.92. The summed E-state index contributed by atoms with van der Waals surface area (Å²) in [5, 5.41) is 5.23. The molecule has 2 aromatic carbocycles. The molecule has 0 atom stereocenters. The van der Waals surface area contributed by atoms with Gasteiger partial charge < -0.3 is 25.0 Å². The van der Waals surface area contributed by atoms with E-state index in [1.807, 2.05) is 114 Å². The second-order valence-electron chi connectivity index (χ2n) is 7.58. The maximum absolute atomic E-state index is 10.3. The van der Waals surface area contributed by atoms with Gasteiger partial charge in [0, 0.05) is 32.9 Å². The number of nitrogens with one attached hydrogen (secondary N) is 2. The molecule has 7 heteroatoms. The molecular weight excluding hydrogens is 516 g/mol. The fraction of sp³-hybridized carbons (Fsp3) is 0.500. The molecule has 2 amide bonds. The van der Waals surface area contributed by atoms with Gasteiger partial charge in [-0.05, 0) is 48.5 Å². The Hall–Kier alpha value is -3.61. The van der Waals surface area contributed by atoms with E-state index >= 15 is 0 Å². The SMILES string of the molecule is C.CC.CC(C)=O.CC(C)=O.CCC(C)=O.CCNC(=O)CC.CCNC(C)=O.c1ccccc1.c1ccccc1. The molecule has 0 heterocycles. The third-order valence-corrected chi connectivity index (χ3v) is 2.95. The first-order valence-electron chi connectivity index (χ1n) is 13.8. The van der Waals surface area contributed by atoms with Crippen molar-refractivity contribution in [1.82, 2.24) is 10.6 Å². The molecule has 0 bridgehead atoms. The Bertz CT molecular complexity index is 675. The van der Waals surface area contributed by atoms with Crippen molar-refractivity contribution in [1.29, 1.82) is 0 Å². The summed E-state index contributed by atoms with van der Waals surface area (Å²) < 4.78 is 0. The summed E-state index contributed by atoms with van der Waals surface area (Å²) in [5.74, 6) is 0.755. The van der Waals surface area contributed by atoms with E-state index in [4.69, 9.17) is 0 Å². The lowest BCUT2D eigenvalue weighted by Crippen LogP contribution is -2.20. The first-order valence-corrected chi connectivity index (χ1v) is 13.8. The molecule has 0 aliphatic carbocycles. The lowest BCUT2D eigenvalue weighted by Gasteiger charge is -1.93. The van der Waals surface area contributed by atoms with Gasteiger partial charge in [0.25, 0.3) is 0 Å². The van der Waals surface area contributed by atoms with Crippen molar-refractivity contribution in [3.63, 3.8) is 0 Å². The van der Waals surface area contributed by atoms with Crippen LogP contribution in [0.3, 0.4) is 0 Å². The predicted octanol–water partition coefficient (Wildman–Crippen LogP) is 7.89. The predicted molar refractivity (Wildman–Crippen MR) is 178 cm³/mol. The van der Waals surface area contributed by atoms with Crippen molar-refractivity contribution in [2.75, 3.05) is 13.1 Å². The Morgan fingerprint density at radius 1 is 0.463 bits per heavy atom. The van der Waals surface area contributed by atoms with Gasteiger partial charge in [0.1, 0.15) is 17.3 Å². The lowest BCUT2D eigenvalue weighted by atomic mass is 10.4. The van der Waals surface area contributed by atoms with Gasteiger partial charge in [-0.1, -0.05) is 108 Å². The smallest absolute Gasteiger partial charge is 0.219 e. The van der Waals surface area contributed by atoms with Gasteiger partial charge in [-0.2, -0.15) is 0 Å². The Morgan fingerprint density at radius 2 is 0.659 bits per heavy atom. The summed E-state index contributed by atoms with van der Waals surface area (Å²) in [6, 6.07) is 24.0. The summed E-state index contributed by atoms with van der Waals surface area (Å²) >= 11 is 0. The molecule has 0 fully saturated rings. The molecule has 0 saturated carbocycles. The number of ketones is 3. The summed E-state index contributed by atoms with van der Waals surface area (Å²) in [6.07, 6.45) is 1.26. The molecule has 0 unspecified atom stereocenters. The summed E-state index contributed by atoms with van der Waals surface area (Å²) in [6.45, 7) is 22.2. The van der Waals surface area contributed by atoms with Crippen LogP contribution in [0, 0.1) is 0 Å². The molecule has 0 saturated heterocycles. The summed E-state index contributed by atoms with van der Waals surface area (Å²) in [5.41, 5.74) is 0. The van der Waals surface area contributed by atoms with Gasteiger partial charge in [-0.3, -0.25) is 9.59 Å². The normalized spacial score (nSPS) is 7.22. The number of rotatable bonds is 4. The van der Waals surface area contributed by atoms with Crippen LogP contribution in [-0.2, 0) is 24.0 Å². The van der Waals surface area contributed by atoms with E-state index in [1.165, 1.54) is 34.6 Å². The Balaban J connectivity index is -0.0000000654. The largest absolute Gasteiger partial charge is 0.357 e. The van der Waals surface area contributed by atoms with Crippen molar-refractivity contribution in [3.8, 4) is 0 Å². The third kappa shape index (κ3) is 127. The molecule has 0 radical (unpaired) electrons. The van der Waals surface area contributed by atoms with Crippen LogP contribution in [0.15, 0.2) is 72.8 Å². The van der Waals surface area contributed by atoms with E-state index in [2.05, 4.69) is 10.6 Å². The zero-order valence-electron chi connectivity index (χ0n) is 27.3. The highest BCUT2D eigenvalue weighted by atomic mass is 16.2. The summed E-state index contributed by atoms with van der Waals surface area (Å²) in [4.78, 5) is 48.9. The van der Waals surface area contributed by atoms with Crippen molar-refractivity contribution in [2.24, 2.45) is 0 Å². The number of carbonyl (C=O) groups excluding carboxylic acids is 5. The van der Waals surface area contributed by atoms with Crippen LogP contribution in [0.25, 0.3) is 0 Å². The maximum atomic E-state index is 10.3. The first kappa shape index (κ1) is 53.6. The van der Waals surface area contributed by atoms with Crippen molar-refractivity contribution in [2.45, 2.75) is 103 Å². The van der Waals surface area contributed by atoms with Crippen molar-refractivity contribution in [3.05, 3.63) is 72.8 Å². The van der Waals surface area contributed by atoms with Crippen LogP contribution in [0.1, 0.15) is 103 Å². The first-order chi connectivity index (χ1) is 18.8. The second kappa shape index (κ2) is 52.8. The van der Waals surface area contributed by atoms with Crippen molar-refractivity contribution < 1.29 is 24.0 Å². The minimum absolute atomic E-state index is 0. The molecule has 41 heavy (non-hydrogen) atoms. The van der Waals surface area contributed by atoms with E-state index in [0.29, 0.717) is 12.8 Å². The molecule has 0 aromatic heterocycles. The molecule has 0 aliphatic heterocycles. The number of amides is 2. The van der Waals surface area contributed by atoms with E-state index in [-0.39, 0.29) is 36.6 Å². The molecule has 2 aromatic rings. The molecule has 0 spiro atoms. The van der Waals surface area contributed by atoms with E-state index in [9.17, 15) is 24.0 Å². The van der Waals surface area contributed by atoms with Gasteiger partial charge in [0.2, 0.25) is 11.8 Å². The van der Waals surface area contributed by atoms with Gasteiger partial charge in [-0.25, -0.2) is 0 Å². The molecule has 238 valence electrons. The van der Waals surface area contributed by atoms with Gasteiger partial charge in [0.15, 0.2) is 0 Å². The maximum Gasteiger partial charge on any atom is 0.219 e. The third-order valence-electron chi connectivity index (χ3n) is 2.95. The summed E-state index contributed by atoms with van der Waals surface area (Å²) in [7, 11) is 0. The zero-order chi connectivity index (χ0) is 32.6. The lowest BCUT2D eigenvalue weighted by molar-refractivity contribution is -0.121. The van der Waals surface area contributed by atoms with Crippen molar-refractivity contribution >= 4 is 29.2 Å². The quantitative estimate of drug-likeness (QED) is 0.383. The molecular formula is C34H62N2O5. The Kier molecular flexibility index (Phi) is 69.0. The average molecular weight is 579 g/mol. The monoisotopic (exact) mass is 578 g/mol. The van der Waals surface area contributed by atoms with E-state index in [1.54, 1.807) is 6.92 Å². The molecule has 2 rings (SSSR count). The minimum Gasteiger partial charge on any atom is -0.357 e. The second-order valence-corrected chi connectivity index (χ2v) is 7.58. The highest BCUT2D eigenvalue weighted by molar-refractivity contribution is 5.75. The van der Waals surface area contributed by atoms with Crippen LogP contribution in [0.2, 0.25) is 0 Å². The van der Waals surface area contributed by atoms with Crippen LogP contribution in [0.5, 0.6) is 0 Å². The molecule has 0 aliphatic rings. The van der Waals surface area contributed by atoms with Crippen LogP contribution in [0.4, 0.5) is 0 Å². The number of benzene rings is 2. The van der Waals surface area contributed by atoms with Gasteiger partial charge in [-0.15, -0.1) is 0 Å². The Morgan fingerprint density at radius 3 is 0.707 bits per heavy atom. The van der Waals surface area contributed by atoms with Crippen LogP contribution in [-0.4, -0.2) is 42.3 Å². The van der Waals surface area contributed by atoms with Crippen LogP contribution >= 0.6 is 0 Å². The number of Topliss-reactive ketones (excluding diaryl/α,β-unsaturated/α-hetero) is 3. The number of hydrogen-bond acceptors (Lipinski definition) is 5. The standard InChI is InChI=1S/2C6H6.C5H11NO.C4H9NO.C4H8O.2C3H6O.C2H6.CH4/c2*1-2-4-6-5-3-1;1-3-5(7)6-4-2;1-3-5-4(2)6;1-3-4(2)5;2*1-3(2)4;1-2;/h2*1-6H;3-4H2,1-2H3,(H,6,7);3H2,1-2H3,(H,5,6);3H2,1-2H3;2*1-2H3;1-2H3;1H4. The highest BCUT2D eigenvalue weighted by Gasteiger charge is 1.88. The van der Waals surface area contributed by atoms with E-state index < -0.39 is 0 Å². The number of carbonyl (C=O) groups is 5. The van der Waals surface area contributed by atoms with Crippen LogP contribution < -0.4 is 10.6 Å².